The zero-order chi connectivity index (χ0) is 33.7. The van der Waals surface area contributed by atoms with Crippen LogP contribution in [0.4, 0.5) is 0 Å². The number of ether oxygens (including phenoxy) is 2. The van der Waals surface area contributed by atoms with Crippen LogP contribution in [0.25, 0.3) is 0 Å². The van der Waals surface area contributed by atoms with Gasteiger partial charge in [-0.15, -0.1) is 0 Å². The molecule has 9 nitrogen and oxygen atoms in total. The first-order valence-corrected chi connectivity index (χ1v) is 18.3. The van der Waals surface area contributed by atoms with Crippen molar-refractivity contribution >= 4 is 19.8 Å². The van der Waals surface area contributed by atoms with Gasteiger partial charge in [0, 0.05) is 12.8 Å². The summed E-state index contributed by atoms with van der Waals surface area (Å²) in [6.45, 7) is 3.46. The summed E-state index contributed by atoms with van der Waals surface area (Å²) < 4.78 is 32.9. The minimum Gasteiger partial charge on any atom is -0.756 e. The number of carbonyl (C=O) groups is 2. The van der Waals surface area contributed by atoms with Gasteiger partial charge in [-0.3, -0.25) is 14.2 Å². The molecule has 0 aromatic heterocycles. The number of allylic oxidation sites excluding steroid dienone is 8. The number of unbranched alkanes of at least 4 members (excludes halogenated alkanes) is 8. The fourth-order valence-electron chi connectivity index (χ4n) is 3.98. The molecule has 0 spiro atoms. The zero-order valence-electron chi connectivity index (χ0n) is 28.8. The van der Waals surface area contributed by atoms with Crippen LogP contribution in [0, 0.1) is 0 Å². The van der Waals surface area contributed by atoms with E-state index in [0.717, 1.165) is 51.4 Å². The van der Waals surface area contributed by atoms with Gasteiger partial charge in [0.15, 0.2) is 6.10 Å². The molecule has 0 aromatic rings. The van der Waals surface area contributed by atoms with Gasteiger partial charge in [0.1, 0.15) is 19.8 Å². The summed E-state index contributed by atoms with van der Waals surface area (Å²) in [5, 5.41) is 0. The Morgan fingerprint density at radius 2 is 1.24 bits per heavy atom. The van der Waals surface area contributed by atoms with Crippen LogP contribution in [0.5, 0.6) is 0 Å². The van der Waals surface area contributed by atoms with E-state index in [1.807, 2.05) is 21.1 Å². The molecule has 0 radical (unpaired) electrons. The summed E-state index contributed by atoms with van der Waals surface area (Å²) in [6, 6.07) is 0. The molecule has 260 valence electrons. The third-order valence-electron chi connectivity index (χ3n) is 6.67. The lowest BCUT2D eigenvalue weighted by Crippen LogP contribution is -2.37. The van der Waals surface area contributed by atoms with Crippen molar-refractivity contribution in [3.05, 3.63) is 48.6 Å². The van der Waals surface area contributed by atoms with Crippen molar-refractivity contribution < 1.29 is 42.1 Å². The molecule has 0 aliphatic carbocycles. The first-order valence-electron chi connectivity index (χ1n) is 16.8. The van der Waals surface area contributed by atoms with E-state index in [1.54, 1.807) is 6.92 Å². The number of hydrogen-bond donors (Lipinski definition) is 0. The Morgan fingerprint density at radius 1 is 0.711 bits per heavy atom. The lowest BCUT2D eigenvalue weighted by molar-refractivity contribution is -0.870. The molecule has 0 aromatic carbocycles. The minimum atomic E-state index is -4.59. The molecule has 0 bridgehead atoms. The SMILES string of the molecule is CC/C=C\C/C=C\C/C=C\C/C=C\CCCCCCCCCCC(=O)OC(COC(=O)CC)COP(=O)([O-])OCC[N+](C)(C)C. The number of phosphoric acid groups is 1. The molecule has 0 saturated heterocycles. The summed E-state index contributed by atoms with van der Waals surface area (Å²) >= 11 is 0. The van der Waals surface area contributed by atoms with Crippen LogP contribution in [-0.4, -0.2) is 70.0 Å². The van der Waals surface area contributed by atoms with Crippen LogP contribution in [0.1, 0.15) is 110 Å². The van der Waals surface area contributed by atoms with E-state index < -0.39 is 32.5 Å². The molecule has 45 heavy (non-hydrogen) atoms. The highest BCUT2D eigenvalue weighted by molar-refractivity contribution is 7.45. The highest BCUT2D eigenvalue weighted by atomic mass is 31.2. The number of likely N-dealkylation sites (N-methyl/N-ethyl adjacent to an activating group) is 1. The van der Waals surface area contributed by atoms with Crippen LogP contribution < -0.4 is 4.89 Å². The molecule has 0 saturated carbocycles. The average Bonchev–Trinajstić information content (AvgIpc) is 2.98. The number of carbonyl (C=O) groups excluding carboxylic acids is 2. The van der Waals surface area contributed by atoms with Crippen molar-refractivity contribution in [2.75, 3.05) is 47.5 Å². The van der Waals surface area contributed by atoms with Crippen molar-refractivity contribution in [3.63, 3.8) is 0 Å². The van der Waals surface area contributed by atoms with Crippen molar-refractivity contribution in [2.45, 2.75) is 116 Å². The Bertz CT molecular complexity index is 923. The van der Waals surface area contributed by atoms with Gasteiger partial charge in [0.2, 0.25) is 0 Å². The summed E-state index contributed by atoms with van der Waals surface area (Å²) in [6.07, 6.45) is 31.0. The number of hydrogen-bond acceptors (Lipinski definition) is 8. The molecule has 2 unspecified atom stereocenters. The van der Waals surface area contributed by atoms with Crippen molar-refractivity contribution in [2.24, 2.45) is 0 Å². The quantitative estimate of drug-likeness (QED) is 0.0264. The molecule has 0 aliphatic heterocycles. The number of esters is 2. The van der Waals surface area contributed by atoms with Crippen LogP contribution in [0.3, 0.4) is 0 Å². The second kappa shape index (κ2) is 28.2. The normalized spacial score (nSPS) is 14.5. The zero-order valence-corrected chi connectivity index (χ0v) is 29.7. The Kier molecular flexibility index (Phi) is 26.9. The second-order valence-corrected chi connectivity index (χ2v) is 13.5. The van der Waals surface area contributed by atoms with Crippen LogP contribution >= 0.6 is 7.82 Å². The van der Waals surface area contributed by atoms with Gasteiger partial charge in [-0.05, 0) is 44.9 Å². The predicted octanol–water partition coefficient (Wildman–Crippen LogP) is 7.77. The topological polar surface area (TPSA) is 111 Å². The average molecular weight is 656 g/mol. The van der Waals surface area contributed by atoms with E-state index >= 15 is 0 Å². The number of rotatable bonds is 29. The maximum Gasteiger partial charge on any atom is 0.306 e. The van der Waals surface area contributed by atoms with E-state index in [-0.39, 0.29) is 26.1 Å². The fraction of sp³-hybridized carbons (Fsp3) is 0.714. The first-order chi connectivity index (χ1) is 21.5. The van der Waals surface area contributed by atoms with Gasteiger partial charge < -0.3 is 27.9 Å². The number of phosphoric ester groups is 1. The minimum absolute atomic E-state index is 0.0361. The first kappa shape index (κ1) is 43.0. The Labute approximate surface area is 273 Å². The lowest BCUT2D eigenvalue weighted by Gasteiger charge is -2.28. The molecular weight excluding hydrogens is 593 g/mol. The summed E-state index contributed by atoms with van der Waals surface area (Å²) in [5.74, 6) is -0.950. The Balaban J connectivity index is 4.01. The smallest absolute Gasteiger partial charge is 0.306 e. The van der Waals surface area contributed by atoms with Crippen molar-refractivity contribution in [1.82, 2.24) is 0 Å². The van der Waals surface area contributed by atoms with Gasteiger partial charge >= 0.3 is 11.9 Å². The van der Waals surface area contributed by atoms with Crippen molar-refractivity contribution in [1.29, 1.82) is 0 Å². The molecule has 0 heterocycles. The van der Waals surface area contributed by atoms with Crippen LogP contribution in [0.15, 0.2) is 48.6 Å². The summed E-state index contributed by atoms with van der Waals surface area (Å²) in [7, 11) is 1.14. The number of quaternary nitrogens is 1. The molecule has 2 atom stereocenters. The highest BCUT2D eigenvalue weighted by Crippen LogP contribution is 2.38. The molecule has 0 N–H and O–H groups in total. The fourth-order valence-corrected chi connectivity index (χ4v) is 4.71. The van der Waals surface area contributed by atoms with Gasteiger partial charge in [-0.2, -0.15) is 0 Å². The van der Waals surface area contributed by atoms with Crippen LogP contribution in [0.2, 0.25) is 0 Å². The van der Waals surface area contributed by atoms with E-state index in [1.165, 1.54) is 25.7 Å². The summed E-state index contributed by atoms with van der Waals surface area (Å²) in [4.78, 5) is 36.0. The monoisotopic (exact) mass is 655 g/mol. The molecule has 0 rings (SSSR count). The third kappa shape index (κ3) is 31.7. The summed E-state index contributed by atoms with van der Waals surface area (Å²) in [5.41, 5.74) is 0. The predicted molar refractivity (Wildman–Crippen MR) is 180 cm³/mol. The second-order valence-electron chi connectivity index (χ2n) is 12.1. The van der Waals surface area contributed by atoms with Gasteiger partial charge in [0.05, 0.1) is 27.7 Å². The van der Waals surface area contributed by atoms with E-state index in [2.05, 4.69) is 55.5 Å². The van der Waals surface area contributed by atoms with Crippen LogP contribution in [-0.2, 0) is 32.7 Å². The number of nitrogens with zero attached hydrogens (tertiary/aromatic N) is 1. The lowest BCUT2D eigenvalue weighted by atomic mass is 10.1. The third-order valence-corrected chi connectivity index (χ3v) is 7.63. The molecule has 10 heteroatoms. The van der Waals surface area contributed by atoms with Gasteiger partial charge in [0.25, 0.3) is 7.82 Å². The van der Waals surface area contributed by atoms with Gasteiger partial charge in [-0.1, -0.05) is 101 Å². The Hall–Kier alpha value is -2.03. The maximum atomic E-state index is 12.4. The van der Waals surface area contributed by atoms with E-state index in [0.29, 0.717) is 17.4 Å². The molecule has 0 aliphatic rings. The molecule has 0 amide bonds. The largest absolute Gasteiger partial charge is 0.756 e. The van der Waals surface area contributed by atoms with Crippen molar-refractivity contribution in [3.8, 4) is 0 Å². The van der Waals surface area contributed by atoms with E-state index in [4.69, 9.17) is 18.5 Å². The van der Waals surface area contributed by atoms with E-state index in [9.17, 15) is 19.0 Å². The molecule has 0 fully saturated rings. The highest BCUT2D eigenvalue weighted by Gasteiger charge is 2.21. The maximum absolute atomic E-state index is 12.4. The molecular formula is C35H62NO8P. The van der Waals surface area contributed by atoms with Gasteiger partial charge in [-0.25, -0.2) is 0 Å². The Morgan fingerprint density at radius 3 is 1.80 bits per heavy atom. The standard InChI is InChI=1S/C35H62NO8P/c1-6-8-9-10-11-12-13-14-15-16-17-18-19-20-21-22-23-24-25-26-27-28-35(38)44-33(31-41-34(37)7-2)32-43-45(39,40)42-30-29-36(3,4)5/h8-9,11-12,14-15,17-18,33H,6-7,10,13,16,19-32H2,1-5H3/b9-8-,12-11-,15-14-,18-17-.